The fraction of sp³-hybridized carbons (Fsp3) is 0.200. The zero-order valence-corrected chi connectivity index (χ0v) is 16.6. The van der Waals surface area contributed by atoms with Crippen LogP contribution < -0.4 is 0 Å². The van der Waals surface area contributed by atoms with Crippen molar-refractivity contribution in [3.8, 4) is 11.1 Å². The number of carboxylic acid groups (broad SMARTS) is 2. The van der Waals surface area contributed by atoms with E-state index >= 15 is 0 Å². The molecule has 0 heterocycles. The predicted octanol–water partition coefficient (Wildman–Crippen LogP) is 2.38. The van der Waals surface area contributed by atoms with E-state index in [1.54, 1.807) is 0 Å². The van der Waals surface area contributed by atoms with Crippen LogP contribution in [0.15, 0.2) is 60.7 Å². The maximum Gasteiger partial charge on any atom is 0.300 e. The second-order valence-electron chi connectivity index (χ2n) is 3.77. The van der Waals surface area contributed by atoms with E-state index in [4.69, 9.17) is 39.6 Å². The van der Waals surface area contributed by atoms with Crippen molar-refractivity contribution >= 4 is 25.5 Å². The average molecular weight is 398 g/mol. The van der Waals surface area contributed by atoms with Crippen molar-refractivity contribution in [2.24, 2.45) is 0 Å². The summed E-state index contributed by atoms with van der Waals surface area (Å²) in [6.07, 6.45) is 0. The minimum Gasteiger partial charge on any atom is -0.481 e. The minimum absolute atomic E-state index is 0.833. The van der Waals surface area contributed by atoms with Gasteiger partial charge in [-0.3, -0.25) is 9.59 Å². The Morgan fingerprint density at radius 2 is 0.714 bits per heavy atom. The van der Waals surface area contributed by atoms with Crippen molar-refractivity contribution in [2.45, 2.75) is 13.8 Å². The number of carbonyl (C=O) groups excluding carboxylic acids is 2. The molecule has 158 valence electrons. The van der Waals surface area contributed by atoms with Gasteiger partial charge in [0, 0.05) is 28.1 Å². The van der Waals surface area contributed by atoms with Crippen molar-refractivity contribution < 1.29 is 39.6 Å². The van der Waals surface area contributed by atoms with Crippen molar-refractivity contribution in [3.63, 3.8) is 0 Å². The van der Waals surface area contributed by atoms with Gasteiger partial charge >= 0.3 is 0 Å². The fourth-order valence-electron chi connectivity index (χ4n) is 1.26. The molecule has 0 aromatic heterocycles. The van der Waals surface area contributed by atoms with E-state index in [2.05, 4.69) is 48.5 Å². The number of aliphatic hydroxyl groups is 2. The third kappa shape index (κ3) is 38.3. The maximum atomic E-state index is 9.00. The van der Waals surface area contributed by atoms with Crippen LogP contribution in [0.2, 0.25) is 0 Å². The second-order valence-corrected chi connectivity index (χ2v) is 3.77. The van der Waals surface area contributed by atoms with Crippen LogP contribution in [0, 0.1) is 0 Å². The topological polar surface area (TPSA) is 149 Å². The van der Waals surface area contributed by atoms with E-state index in [1.165, 1.54) is 11.1 Å². The molecule has 2 aromatic rings. The fourth-order valence-corrected chi connectivity index (χ4v) is 1.26. The summed E-state index contributed by atoms with van der Waals surface area (Å²) in [5, 5.41) is 28.8. The molecule has 8 nitrogen and oxygen atoms in total. The number of benzene rings is 2. The summed E-state index contributed by atoms with van der Waals surface area (Å²) < 4.78 is 0. The van der Waals surface area contributed by atoms with E-state index in [-0.39, 0.29) is 0 Å². The third-order valence-corrected chi connectivity index (χ3v) is 1.88. The van der Waals surface area contributed by atoms with Crippen LogP contribution in [-0.4, -0.2) is 60.2 Å². The van der Waals surface area contributed by atoms with Crippen molar-refractivity contribution in [2.75, 3.05) is 14.2 Å². The first-order valence-electron chi connectivity index (χ1n) is 7.40. The van der Waals surface area contributed by atoms with Gasteiger partial charge in [-0.2, -0.15) is 0 Å². The lowest BCUT2D eigenvalue weighted by Crippen LogP contribution is -1.78. The van der Waals surface area contributed by atoms with Crippen LogP contribution >= 0.6 is 0 Å². The van der Waals surface area contributed by atoms with Crippen LogP contribution in [0.4, 0.5) is 0 Å². The van der Waals surface area contributed by atoms with E-state index in [1.807, 2.05) is 25.7 Å². The molecule has 0 bridgehead atoms. The van der Waals surface area contributed by atoms with Crippen LogP contribution in [-0.2, 0) is 19.2 Å². The maximum absolute atomic E-state index is 9.00. The zero-order chi connectivity index (χ0) is 23.4. The Balaban J connectivity index is -0.0000000933. The Kier molecular flexibility index (Phi) is 44.5. The molecule has 28 heavy (non-hydrogen) atoms. The van der Waals surface area contributed by atoms with Crippen LogP contribution in [0.1, 0.15) is 13.8 Å². The van der Waals surface area contributed by atoms with Gasteiger partial charge in [-0.05, 0) is 11.1 Å². The molecule has 4 N–H and O–H groups in total. The van der Waals surface area contributed by atoms with Crippen LogP contribution in [0.3, 0.4) is 0 Å². The summed E-state index contributed by atoms with van der Waals surface area (Å²) in [4.78, 5) is 34.0. The Morgan fingerprint density at radius 3 is 0.857 bits per heavy atom. The van der Waals surface area contributed by atoms with Crippen LogP contribution in [0.5, 0.6) is 0 Å². The lowest BCUT2D eigenvalue weighted by Gasteiger charge is -1.98. The lowest BCUT2D eigenvalue weighted by molar-refractivity contribution is -0.135. The standard InChI is InChI=1S/C12H10.2C2H4O2.2CH4O.2CH2O/c1-3-7-11(8-4-1)12-9-5-2-6-10-12;2*1-2(3)4;4*1-2/h1-10H;2*1H3,(H,3,4);2*2H,1H3;2*1H2. The highest BCUT2D eigenvalue weighted by atomic mass is 16.4. The largest absolute Gasteiger partial charge is 0.481 e. The number of aliphatic carboxylic acids is 2. The molecule has 0 aliphatic carbocycles. The highest BCUT2D eigenvalue weighted by Gasteiger charge is 1.91. The first-order chi connectivity index (χ1) is 13.4. The molecule has 0 saturated heterocycles. The Hall–Kier alpha value is -3.36. The van der Waals surface area contributed by atoms with Gasteiger partial charge in [-0.25, -0.2) is 0 Å². The summed E-state index contributed by atoms with van der Waals surface area (Å²) in [5.74, 6) is -1.67. The zero-order valence-electron chi connectivity index (χ0n) is 16.6. The predicted molar refractivity (Wildman–Crippen MR) is 109 cm³/mol. The second kappa shape index (κ2) is 34.9. The van der Waals surface area contributed by atoms with Gasteiger partial charge in [0.05, 0.1) is 0 Å². The van der Waals surface area contributed by atoms with Crippen molar-refractivity contribution in [1.29, 1.82) is 0 Å². The normalized spacial score (nSPS) is 6.64. The Morgan fingerprint density at radius 1 is 0.571 bits per heavy atom. The molecule has 2 aromatic carbocycles. The molecular weight excluding hydrogens is 368 g/mol. The van der Waals surface area contributed by atoms with Crippen molar-refractivity contribution in [3.05, 3.63) is 60.7 Å². The first-order valence-corrected chi connectivity index (χ1v) is 7.40. The average Bonchev–Trinajstić information content (AvgIpc) is 2.74. The SMILES string of the molecule is C=O.C=O.CC(=O)O.CC(=O)O.CO.CO.c1ccc(-c2ccccc2)cc1. The number of carboxylic acids is 2. The number of rotatable bonds is 1. The van der Waals surface area contributed by atoms with E-state index < -0.39 is 11.9 Å². The monoisotopic (exact) mass is 398 g/mol. The number of hydrogen-bond acceptors (Lipinski definition) is 6. The molecule has 0 unspecified atom stereocenters. The van der Waals surface area contributed by atoms with Gasteiger partial charge in [0.2, 0.25) is 0 Å². The third-order valence-electron chi connectivity index (χ3n) is 1.88. The van der Waals surface area contributed by atoms with Gasteiger partial charge < -0.3 is 30.0 Å². The molecular formula is C20H30O8. The van der Waals surface area contributed by atoms with E-state index in [0.29, 0.717) is 0 Å². The molecule has 0 aliphatic rings. The lowest BCUT2D eigenvalue weighted by atomic mass is 10.1. The molecule has 0 fully saturated rings. The van der Waals surface area contributed by atoms with E-state index in [0.717, 1.165) is 28.1 Å². The number of carbonyl (C=O) groups is 4. The summed E-state index contributed by atoms with van der Waals surface area (Å²) in [7, 11) is 2.00. The van der Waals surface area contributed by atoms with Gasteiger partial charge in [-0.15, -0.1) is 0 Å². The van der Waals surface area contributed by atoms with Gasteiger partial charge in [0.1, 0.15) is 13.6 Å². The smallest absolute Gasteiger partial charge is 0.300 e. The Labute approximate surface area is 165 Å². The summed E-state index contributed by atoms with van der Waals surface area (Å²) in [6.45, 7) is 6.17. The molecule has 2 rings (SSSR count). The summed E-state index contributed by atoms with van der Waals surface area (Å²) >= 11 is 0. The van der Waals surface area contributed by atoms with Gasteiger partial charge in [0.15, 0.2) is 0 Å². The molecule has 0 amide bonds. The van der Waals surface area contributed by atoms with Gasteiger partial charge in [0.25, 0.3) is 11.9 Å². The molecule has 0 spiro atoms. The molecule has 8 heteroatoms. The quantitative estimate of drug-likeness (QED) is 0.572. The molecule has 0 atom stereocenters. The molecule has 0 aliphatic heterocycles. The highest BCUT2D eigenvalue weighted by molar-refractivity contribution is 5.63. The number of aliphatic hydroxyl groups excluding tert-OH is 2. The first kappa shape index (κ1) is 35.7. The highest BCUT2D eigenvalue weighted by Crippen LogP contribution is 2.17. The summed E-state index contributed by atoms with van der Waals surface area (Å²) in [5.41, 5.74) is 2.55. The van der Waals surface area contributed by atoms with Crippen LogP contribution in [0.25, 0.3) is 11.1 Å². The molecule has 0 saturated carbocycles. The van der Waals surface area contributed by atoms with Gasteiger partial charge in [-0.1, -0.05) is 60.7 Å². The minimum atomic E-state index is -0.833. The Bertz CT molecular complexity index is 485. The number of hydrogen-bond donors (Lipinski definition) is 4. The van der Waals surface area contributed by atoms with Crippen molar-refractivity contribution in [1.82, 2.24) is 0 Å². The van der Waals surface area contributed by atoms with E-state index in [9.17, 15) is 0 Å². The molecule has 0 radical (unpaired) electrons. The summed E-state index contributed by atoms with van der Waals surface area (Å²) in [6, 6.07) is 20.8.